The van der Waals surface area contributed by atoms with E-state index in [-0.39, 0.29) is 17.6 Å². The van der Waals surface area contributed by atoms with Gasteiger partial charge in [0.2, 0.25) is 5.82 Å². The summed E-state index contributed by atoms with van der Waals surface area (Å²) in [5, 5.41) is 13.8. The zero-order valence-electron chi connectivity index (χ0n) is 11.7. The number of fused-ring (bicyclic) bond motifs is 1. The summed E-state index contributed by atoms with van der Waals surface area (Å²) in [6.07, 6.45) is 2.58. The molecule has 2 unspecified atom stereocenters. The number of nitrogen functional groups attached to an aromatic ring is 1. The highest BCUT2D eigenvalue weighted by molar-refractivity contribution is 5.57. The van der Waals surface area contributed by atoms with Gasteiger partial charge >= 0.3 is 5.69 Å². The number of hydrogen-bond donors (Lipinski definition) is 2. The summed E-state index contributed by atoms with van der Waals surface area (Å²) >= 11 is 0. The van der Waals surface area contributed by atoms with E-state index in [1.165, 1.54) is 18.9 Å². The highest BCUT2D eigenvalue weighted by Crippen LogP contribution is 2.23. The summed E-state index contributed by atoms with van der Waals surface area (Å²) in [6, 6.07) is 3.51. The average molecular weight is 293 g/mol. The first-order valence-electron chi connectivity index (χ1n) is 7.14. The van der Waals surface area contributed by atoms with E-state index in [2.05, 4.69) is 15.2 Å². The van der Waals surface area contributed by atoms with Gasteiger partial charge in [0.15, 0.2) is 0 Å². The molecule has 0 aromatic carbocycles. The van der Waals surface area contributed by atoms with Crippen LogP contribution in [0.15, 0.2) is 12.1 Å². The number of nitrogens with two attached hydrogens (primary N) is 1. The van der Waals surface area contributed by atoms with Crippen LogP contribution in [0.5, 0.6) is 0 Å². The quantitative estimate of drug-likeness (QED) is 0.626. The Labute approximate surface area is 122 Å². The van der Waals surface area contributed by atoms with E-state index in [0.29, 0.717) is 18.4 Å². The van der Waals surface area contributed by atoms with Crippen LogP contribution in [0.3, 0.4) is 0 Å². The molecule has 3 N–H and O–H groups in total. The largest absolute Gasteiger partial charge is 0.378 e. The third-order valence-electron chi connectivity index (χ3n) is 4.07. The van der Waals surface area contributed by atoms with E-state index >= 15 is 0 Å². The maximum Gasteiger partial charge on any atom is 0.311 e. The highest BCUT2D eigenvalue weighted by atomic mass is 16.6. The SMILES string of the molecule is Nc1nc(NCC2CN3CCCC3CO2)ccc1[N+](=O)[O-]. The Kier molecular flexibility index (Phi) is 3.89. The zero-order valence-corrected chi connectivity index (χ0v) is 11.7. The summed E-state index contributed by atoms with van der Waals surface area (Å²) in [5.41, 5.74) is 5.40. The molecular weight excluding hydrogens is 274 g/mol. The molecule has 3 heterocycles. The van der Waals surface area contributed by atoms with Crippen molar-refractivity contribution < 1.29 is 9.66 Å². The van der Waals surface area contributed by atoms with Crippen LogP contribution in [-0.2, 0) is 4.74 Å². The third kappa shape index (κ3) is 3.06. The van der Waals surface area contributed by atoms with Crippen molar-refractivity contribution in [3.63, 3.8) is 0 Å². The number of morpholine rings is 1. The van der Waals surface area contributed by atoms with Crippen LogP contribution in [0.4, 0.5) is 17.3 Å². The Morgan fingerprint density at radius 1 is 1.57 bits per heavy atom. The first-order chi connectivity index (χ1) is 10.1. The van der Waals surface area contributed by atoms with E-state index in [1.807, 2.05) is 0 Å². The highest BCUT2D eigenvalue weighted by Gasteiger charge is 2.32. The number of anilines is 2. The van der Waals surface area contributed by atoms with Crippen LogP contribution >= 0.6 is 0 Å². The fourth-order valence-corrected chi connectivity index (χ4v) is 2.95. The second-order valence-electron chi connectivity index (χ2n) is 5.49. The average Bonchev–Trinajstić information content (AvgIpc) is 2.92. The second-order valence-corrected chi connectivity index (χ2v) is 5.49. The van der Waals surface area contributed by atoms with Gasteiger partial charge in [-0.05, 0) is 25.5 Å². The number of rotatable bonds is 4. The van der Waals surface area contributed by atoms with Crippen molar-refractivity contribution in [1.29, 1.82) is 0 Å². The van der Waals surface area contributed by atoms with Crippen LogP contribution in [0, 0.1) is 10.1 Å². The second kappa shape index (κ2) is 5.82. The van der Waals surface area contributed by atoms with Gasteiger partial charge in [-0.3, -0.25) is 15.0 Å². The lowest BCUT2D eigenvalue weighted by Crippen LogP contribution is -2.48. The molecule has 0 spiro atoms. The Balaban J connectivity index is 1.55. The molecule has 1 aromatic heterocycles. The maximum atomic E-state index is 10.7. The summed E-state index contributed by atoms with van der Waals surface area (Å²) in [6.45, 7) is 3.46. The molecule has 21 heavy (non-hydrogen) atoms. The van der Waals surface area contributed by atoms with Gasteiger partial charge in [0.1, 0.15) is 5.82 Å². The molecule has 2 atom stereocenters. The molecule has 1 aromatic rings. The van der Waals surface area contributed by atoms with Crippen molar-refractivity contribution >= 4 is 17.3 Å². The molecule has 2 aliphatic rings. The molecule has 114 valence electrons. The van der Waals surface area contributed by atoms with Crippen LogP contribution in [0.25, 0.3) is 0 Å². The number of nitrogens with one attached hydrogen (secondary N) is 1. The molecule has 8 heteroatoms. The standard InChI is InChI=1S/C13H19N5O3/c14-13-11(18(19)20)3-4-12(16-13)15-6-10-7-17-5-1-2-9(17)8-21-10/h3-4,9-10H,1-2,5-8H2,(H3,14,15,16). The molecular formula is C13H19N5O3. The minimum atomic E-state index is -0.538. The van der Waals surface area contributed by atoms with E-state index in [0.717, 1.165) is 19.7 Å². The van der Waals surface area contributed by atoms with Crippen molar-refractivity contribution in [1.82, 2.24) is 9.88 Å². The van der Waals surface area contributed by atoms with Crippen molar-refractivity contribution in [2.24, 2.45) is 0 Å². The molecule has 2 saturated heterocycles. The number of hydrogen-bond acceptors (Lipinski definition) is 7. The van der Waals surface area contributed by atoms with Gasteiger partial charge in [-0.1, -0.05) is 0 Å². The van der Waals surface area contributed by atoms with Gasteiger partial charge < -0.3 is 15.8 Å². The van der Waals surface area contributed by atoms with Gasteiger partial charge in [0.25, 0.3) is 0 Å². The van der Waals surface area contributed by atoms with Crippen molar-refractivity contribution in [2.75, 3.05) is 37.3 Å². The topological polar surface area (TPSA) is 107 Å². The van der Waals surface area contributed by atoms with E-state index in [9.17, 15) is 10.1 Å². The molecule has 0 saturated carbocycles. The number of pyridine rings is 1. The van der Waals surface area contributed by atoms with Gasteiger partial charge in [-0.15, -0.1) is 0 Å². The Morgan fingerprint density at radius 3 is 3.19 bits per heavy atom. The van der Waals surface area contributed by atoms with Gasteiger partial charge in [0.05, 0.1) is 17.6 Å². The normalized spacial score (nSPS) is 25.5. The van der Waals surface area contributed by atoms with Gasteiger partial charge in [0, 0.05) is 25.2 Å². The summed E-state index contributed by atoms with van der Waals surface area (Å²) in [7, 11) is 0. The first kappa shape index (κ1) is 14.0. The molecule has 2 aliphatic heterocycles. The number of nitro groups is 1. The van der Waals surface area contributed by atoms with E-state index in [1.54, 1.807) is 6.07 Å². The van der Waals surface area contributed by atoms with E-state index < -0.39 is 4.92 Å². The molecule has 0 bridgehead atoms. The van der Waals surface area contributed by atoms with E-state index in [4.69, 9.17) is 10.5 Å². The number of ether oxygens (including phenoxy) is 1. The Hall–Kier alpha value is -1.93. The maximum absolute atomic E-state index is 10.7. The Morgan fingerprint density at radius 2 is 2.43 bits per heavy atom. The molecule has 8 nitrogen and oxygen atoms in total. The fourth-order valence-electron chi connectivity index (χ4n) is 2.95. The molecule has 2 fully saturated rings. The minimum absolute atomic E-state index is 0.0748. The fraction of sp³-hybridized carbons (Fsp3) is 0.615. The predicted octanol–water partition coefficient (Wildman–Crippen LogP) is 0.847. The number of nitrogens with zero attached hydrogens (tertiary/aromatic N) is 3. The predicted molar refractivity (Wildman–Crippen MR) is 78.1 cm³/mol. The lowest BCUT2D eigenvalue weighted by molar-refractivity contribution is -0.384. The summed E-state index contributed by atoms with van der Waals surface area (Å²) in [4.78, 5) is 16.6. The van der Waals surface area contributed by atoms with Gasteiger partial charge in [-0.2, -0.15) is 0 Å². The Bertz CT molecular complexity index is 539. The smallest absolute Gasteiger partial charge is 0.311 e. The minimum Gasteiger partial charge on any atom is -0.378 e. The van der Waals surface area contributed by atoms with Crippen LogP contribution in [0.1, 0.15) is 12.8 Å². The first-order valence-corrected chi connectivity index (χ1v) is 7.14. The van der Waals surface area contributed by atoms with Gasteiger partial charge in [-0.25, -0.2) is 4.98 Å². The molecule has 0 radical (unpaired) electrons. The lowest BCUT2D eigenvalue weighted by atomic mass is 10.2. The van der Waals surface area contributed by atoms with Crippen LogP contribution in [-0.4, -0.2) is 53.2 Å². The molecule has 0 amide bonds. The third-order valence-corrected chi connectivity index (χ3v) is 4.07. The lowest BCUT2D eigenvalue weighted by Gasteiger charge is -2.35. The molecule has 3 rings (SSSR count). The molecule has 0 aliphatic carbocycles. The van der Waals surface area contributed by atoms with Crippen molar-refractivity contribution in [3.05, 3.63) is 22.2 Å². The van der Waals surface area contributed by atoms with Crippen LogP contribution in [0.2, 0.25) is 0 Å². The van der Waals surface area contributed by atoms with Crippen molar-refractivity contribution in [2.45, 2.75) is 25.0 Å². The monoisotopic (exact) mass is 293 g/mol. The van der Waals surface area contributed by atoms with Crippen LogP contribution < -0.4 is 11.1 Å². The summed E-state index contributed by atoms with van der Waals surface area (Å²) < 4.78 is 5.83. The zero-order chi connectivity index (χ0) is 14.8. The number of aromatic nitrogens is 1. The van der Waals surface area contributed by atoms with Crippen molar-refractivity contribution in [3.8, 4) is 0 Å². The summed E-state index contributed by atoms with van der Waals surface area (Å²) in [5.74, 6) is 0.458.